The molecule has 1 aromatic rings. The number of allylic oxidation sites excluding steroid dienone is 1. The van der Waals surface area contributed by atoms with Crippen molar-refractivity contribution in [1.29, 1.82) is 0 Å². The minimum absolute atomic E-state index is 0.0454. The third-order valence-corrected chi connectivity index (χ3v) is 5.39. The summed E-state index contributed by atoms with van der Waals surface area (Å²) in [5.74, 6) is 0.228. The van der Waals surface area contributed by atoms with E-state index in [-0.39, 0.29) is 18.1 Å². The molecule has 2 aliphatic rings. The van der Waals surface area contributed by atoms with Gasteiger partial charge in [0.1, 0.15) is 6.10 Å². The monoisotopic (exact) mass is 371 g/mol. The molecule has 1 aliphatic heterocycles. The number of hydrogen-bond acceptors (Lipinski definition) is 4. The zero-order valence-electron chi connectivity index (χ0n) is 16.5. The average molecular weight is 371 g/mol. The first-order valence-corrected chi connectivity index (χ1v) is 9.61. The summed E-state index contributed by atoms with van der Waals surface area (Å²) in [6.07, 6.45) is 4.04. The smallest absolute Gasteiger partial charge is 0.338 e. The van der Waals surface area contributed by atoms with Gasteiger partial charge in [-0.1, -0.05) is 25.5 Å². The number of urea groups is 1. The Kier molecular flexibility index (Phi) is 5.73. The molecule has 0 saturated heterocycles. The number of benzene rings is 1. The SMILES string of the molecule is CC1=C(C(=O)O[C@@H]2CCC[C@H](C)C2)[C@H](c2ccc(N(C)C)cc2)NC(=O)N1. The predicted octanol–water partition coefficient (Wildman–Crippen LogP) is 3.50. The normalized spacial score (nSPS) is 25.5. The summed E-state index contributed by atoms with van der Waals surface area (Å²) in [4.78, 5) is 27.0. The number of carbonyl (C=O) groups excluding carboxylic acids is 2. The molecule has 27 heavy (non-hydrogen) atoms. The zero-order valence-corrected chi connectivity index (χ0v) is 16.5. The molecular formula is C21H29N3O3. The van der Waals surface area contributed by atoms with Gasteiger partial charge in [-0.25, -0.2) is 9.59 Å². The number of rotatable bonds is 4. The summed E-state index contributed by atoms with van der Waals surface area (Å²) >= 11 is 0. The van der Waals surface area contributed by atoms with E-state index in [4.69, 9.17) is 4.74 Å². The zero-order chi connectivity index (χ0) is 19.6. The maximum atomic E-state index is 13.0. The fourth-order valence-corrected chi connectivity index (χ4v) is 3.88. The molecule has 0 bridgehead atoms. The fraction of sp³-hybridized carbons (Fsp3) is 0.524. The highest BCUT2D eigenvalue weighted by Gasteiger charge is 2.34. The number of anilines is 1. The molecule has 2 amide bonds. The van der Waals surface area contributed by atoms with Crippen LogP contribution in [0.3, 0.4) is 0 Å². The lowest BCUT2D eigenvalue weighted by Crippen LogP contribution is -2.45. The highest BCUT2D eigenvalue weighted by molar-refractivity contribution is 5.95. The molecule has 6 heteroatoms. The molecule has 0 unspecified atom stereocenters. The largest absolute Gasteiger partial charge is 0.459 e. The molecule has 6 nitrogen and oxygen atoms in total. The summed E-state index contributed by atoms with van der Waals surface area (Å²) in [5.41, 5.74) is 2.94. The molecule has 1 aliphatic carbocycles. The van der Waals surface area contributed by atoms with E-state index in [1.54, 1.807) is 6.92 Å². The van der Waals surface area contributed by atoms with Crippen LogP contribution in [0.25, 0.3) is 0 Å². The lowest BCUT2D eigenvalue weighted by molar-refractivity contribution is -0.146. The van der Waals surface area contributed by atoms with Gasteiger partial charge in [-0.15, -0.1) is 0 Å². The average Bonchev–Trinajstić information content (AvgIpc) is 2.61. The lowest BCUT2D eigenvalue weighted by atomic mass is 9.88. The van der Waals surface area contributed by atoms with Crippen LogP contribution in [-0.2, 0) is 9.53 Å². The van der Waals surface area contributed by atoms with E-state index < -0.39 is 6.04 Å². The van der Waals surface area contributed by atoms with Crippen LogP contribution in [0.15, 0.2) is 35.5 Å². The second-order valence-corrected chi connectivity index (χ2v) is 7.86. The van der Waals surface area contributed by atoms with E-state index in [1.165, 1.54) is 6.42 Å². The summed E-state index contributed by atoms with van der Waals surface area (Å²) in [5, 5.41) is 5.57. The maximum absolute atomic E-state index is 13.0. The number of nitrogens with one attached hydrogen (secondary N) is 2. The Morgan fingerprint density at radius 2 is 1.89 bits per heavy atom. The number of nitrogens with zero attached hydrogens (tertiary/aromatic N) is 1. The lowest BCUT2D eigenvalue weighted by Gasteiger charge is -2.31. The van der Waals surface area contributed by atoms with Crippen molar-refractivity contribution in [3.05, 3.63) is 41.1 Å². The Balaban J connectivity index is 1.84. The second-order valence-electron chi connectivity index (χ2n) is 7.86. The van der Waals surface area contributed by atoms with Crippen molar-refractivity contribution in [3.63, 3.8) is 0 Å². The van der Waals surface area contributed by atoms with Gasteiger partial charge < -0.3 is 20.3 Å². The van der Waals surface area contributed by atoms with Crippen molar-refractivity contribution >= 4 is 17.7 Å². The quantitative estimate of drug-likeness (QED) is 0.795. The van der Waals surface area contributed by atoms with E-state index in [2.05, 4.69) is 17.6 Å². The van der Waals surface area contributed by atoms with E-state index in [1.807, 2.05) is 43.3 Å². The molecule has 1 heterocycles. The first kappa shape index (κ1) is 19.3. The van der Waals surface area contributed by atoms with Gasteiger partial charge >= 0.3 is 12.0 Å². The fourth-order valence-electron chi connectivity index (χ4n) is 3.88. The van der Waals surface area contributed by atoms with E-state index >= 15 is 0 Å². The van der Waals surface area contributed by atoms with Crippen LogP contribution in [0.2, 0.25) is 0 Å². The first-order chi connectivity index (χ1) is 12.8. The molecular weight excluding hydrogens is 342 g/mol. The molecule has 0 radical (unpaired) electrons. The molecule has 0 aromatic heterocycles. The van der Waals surface area contributed by atoms with Gasteiger partial charge in [0.2, 0.25) is 0 Å². The Hall–Kier alpha value is -2.50. The summed E-state index contributed by atoms with van der Waals surface area (Å²) in [7, 11) is 3.94. The third-order valence-electron chi connectivity index (χ3n) is 5.39. The van der Waals surface area contributed by atoms with Gasteiger partial charge in [-0.05, 0) is 49.8 Å². The van der Waals surface area contributed by atoms with Crippen LogP contribution < -0.4 is 15.5 Å². The highest BCUT2D eigenvalue weighted by atomic mass is 16.5. The van der Waals surface area contributed by atoms with Crippen LogP contribution in [0.1, 0.15) is 51.1 Å². The first-order valence-electron chi connectivity index (χ1n) is 9.61. The van der Waals surface area contributed by atoms with Crippen LogP contribution in [0.5, 0.6) is 0 Å². The van der Waals surface area contributed by atoms with Crippen molar-refractivity contribution in [2.45, 2.75) is 51.7 Å². The minimum Gasteiger partial charge on any atom is -0.459 e. The Bertz CT molecular complexity index is 740. The Morgan fingerprint density at radius 1 is 1.19 bits per heavy atom. The van der Waals surface area contributed by atoms with Gasteiger partial charge in [0.25, 0.3) is 0 Å². The Labute approximate surface area is 161 Å². The molecule has 1 aromatic carbocycles. The predicted molar refractivity (Wildman–Crippen MR) is 105 cm³/mol. The van der Waals surface area contributed by atoms with Crippen molar-refractivity contribution in [1.82, 2.24) is 10.6 Å². The molecule has 2 N–H and O–H groups in total. The van der Waals surface area contributed by atoms with Crippen molar-refractivity contribution in [3.8, 4) is 0 Å². The molecule has 3 rings (SSSR count). The van der Waals surface area contributed by atoms with Gasteiger partial charge in [-0.2, -0.15) is 0 Å². The van der Waals surface area contributed by atoms with Crippen molar-refractivity contribution < 1.29 is 14.3 Å². The van der Waals surface area contributed by atoms with Gasteiger partial charge in [0.15, 0.2) is 0 Å². The van der Waals surface area contributed by atoms with Gasteiger partial charge in [0, 0.05) is 25.5 Å². The molecule has 1 fully saturated rings. The topological polar surface area (TPSA) is 70.7 Å². The van der Waals surface area contributed by atoms with Crippen molar-refractivity contribution in [2.75, 3.05) is 19.0 Å². The van der Waals surface area contributed by atoms with Crippen molar-refractivity contribution in [2.24, 2.45) is 5.92 Å². The number of esters is 1. The van der Waals surface area contributed by atoms with E-state index in [0.29, 0.717) is 17.2 Å². The van der Waals surface area contributed by atoms with Gasteiger partial charge in [-0.3, -0.25) is 0 Å². The van der Waals surface area contributed by atoms with Gasteiger partial charge in [0.05, 0.1) is 11.6 Å². The highest BCUT2D eigenvalue weighted by Crippen LogP contribution is 2.31. The summed E-state index contributed by atoms with van der Waals surface area (Å²) in [6, 6.07) is 7.01. The van der Waals surface area contributed by atoms with Crippen LogP contribution in [0, 0.1) is 5.92 Å². The molecule has 146 valence electrons. The number of ether oxygens (including phenoxy) is 1. The third kappa shape index (κ3) is 4.43. The second kappa shape index (κ2) is 8.03. The Morgan fingerprint density at radius 3 is 2.52 bits per heavy atom. The standard InChI is InChI=1S/C21H29N3O3/c1-13-6-5-7-17(12-13)27-20(25)18-14(2)22-21(26)23-19(18)15-8-10-16(11-9-15)24(3)4/h8-11,13,17,19H,5-7,12H2,1-4H3,(H2,22,23,26)/t13-,17+,19-/m0/s1. The van der Waals surface area contributed by atoms with E-state index in [0.717, 1.165) is 30.5 Å². The minimum atomic E-state index is -0.511. The number of amides is 2. The summed E-state index contributed by atoms with van der Waals surface area (Å²) < 4.78 is 5.82. The molecule has 0 spiro atoms. The number of hydrogen-bond donors (Lipinski definition) is 2. The molecule has 1 saturated carbocycles. The van der Waals surface area contributed by atoms with Crippen LogP contribution in [-0.4, -0.2) is 32.2 Å². The van der Waals surface area contributed by atoms with E-state index in [9.17, 15) is 9.59 Å². The molecule has 3 atom stereocenters. The number of carbonyl (C=O) groups is 2. The maximum Gasteiger partial charge on any atom is 0.338 e. The van der Waals surface area contributed by atoms with Crippen LogP contribution in [0.4, 0.5) is 10.5 Å². The van der Waals surface area contributed by atoms with Crippen LogP contribution >= 0.6 is 0 Å². The summed E-state index contributed by atoms with van der Waals surface area (Å²) in [6.45, 7) is 3.95.